The number of fused-ring (bicyclic) bond motifs is 5. The predicted octanol–water partition coefficient (Wildman–Crippen LogP) is -1.76. The van der Waals surface area contributed by atoms with Gasteiger partial charge in [0, 0.05) is 0 Å². The van der Waals surface area contributed by atoms with E-state index in [1.165, 1.54) is 0 Å². The molecule has 7 fully saturated rings. The van der Waals surface area contributed by atoms with E-state index in [-0.39, 0.29) is 51.8 Å². The first kappa shape index (κ1) is 52.1. The average molecular weight is 937 g/mol. The molecule has 19 nitrogen and oxygen atoms in total. The number of hydrogen-bond donors (Lipinski definition) is 13. The number of hydrogen-bond acceptors (Lipinski definition) is 19. The molecule has 0 aromatic heterocycles. The predicted molar refractivity (Wildman–Crippen MR) is 226 cm³/mol. The van der Waals surface area contributed by atoms with Crippen LogP contribution in [0.15, 0.2) is 0 Å². The fourth-order valence-corrected chi connectivity index (χ4v) is 14.3. The summed E-state index contributed by atoms with van der Waals surface area (Å²) in [6.45, 7) is 13.1. The summed E-state index contributed by atoms with van der Waals surface area (Å²) >= 11 is 0. The molecule has 0 aromatic carbocycles. The van der Waals surface area contributed by atoms with Gasteiger partial charge in [-0.15, -0.1) is 0 Å². The Labute approximate surface area is 381 Å². The van der Waals surface area contributed by atoms with Crippen LogP contribution in [-0.2, 0) is 28.4 Å². The molecule has 7 rings (SSSR count). The Balaban J connectivity index is 0.988. The second-order valence-electron chi connectivity index (χ2n) is 22.2. The van der Waals surface area contributed by atoms with Gasteiger partial charge in [-0.2, -0.15) is 0 Å². The molecule has 19 heteroatoms. The van der Waals surface area contributed by atoms with Gasteiger partial charge in [-0.1, -0.05) is 41.5 Å². The molecular formula is C46H80O19. The fourth-order valence-electron chi connectivity index (χ4n) is 14.3. The van der Waals surface area contributed by atoms with Gasteiger partial charge < -0.3 is 94.8 Å². The maximum atomic E-state index is 12.1. The van der Waals surface area contributed by atoms with Crippen molar-refractivity contribution < 1.29 is 94.8 Å². The monoisotopic (exact) mass is 937 g/mol. The van der Waals surface area contributed by atoms with Crippen molar-refractivity contribution in [2.45, 2.75) is 222 Å². The Kier molecular flexibility index (Phi) is 15.9. The summed E-state index contributed by atoms with van der Waals surface area (Å²) in [5.74, 6) is -0.344. The number of aliphatic hydroxyl groups is 13. The summed E-state index contributed by atoms with van der Waals surface area (Å²) in [5, 5.41) is 140. The first-order valence-corrected chi connectivity index (χ1v) is 24.1. The smallest absolute Gasteiger partial charge is 0.186 e. The third kappa shape index (κ3) is 9.24. The Morgan fingerprint density at radius 1 is 0.615 bits per heavy atom. The molecule has 0 aromatic rings. The SMILES string of the molecule is CC(C)C(OC1OC(C)C(O)C(O)C1O)C(O)CC(C)C1C(O)CC2(C)C3CC(O)C4CC(OC5OC(COC6OC(CO)C(O)C(O)C6O)C(O)C(O)C5O)CCC4(C)C3CCC12C. The molecule has 7 aliphatic rings. The molecular weight excluding hydrogens is 856 g/mol. The lowest BCUT2D eigenvalue weighted by molar-refractivity contribution is -0.338. The summed E-state index contributed by atoms with van der Waals surface area (Å²) in [6, 6.07) is 0. The molecule has 0 radical (unpaired) electrons. The van der Waals surface area contributed by atoms with Crippen molar-refractivity contribution in [2.24, 2.45) is 51.8 Å². The molecule has 0 spiro atoms. The average Bonchev–Trinajstić information content (AvgIpc) is 3.47. The van der Waals surface area contributed by atoms with E-state index < -0.39 is 136 Å². The van der Waals surface area contributed by atoms with Crippen LogP contribution in [0.4, 0.5) is 0 Å². The van der Waals surface area contributed by atoms with E-state index in [9.17, 15) is 66.4 Å². The molecule has 3 heterocycles. The van der Waals surface area contributed by atoms with Gasteiger partial charge in [0.15, 0.2) is 18.9 Å². The van der Waals surface area contributed by atoms with Crippen molar-refractivity contribution in [3.63, 3.8) is 0 Å². The van der Waals surface area contributed by atoms with Crippen LogP contribution in [0.1, 0.15) is 99.8 Å². The molecule has 378 valence electrons. The van der Waals surface area contributed by atoms with E-state index in [4.69, 9.17) is 28.4 Å². The lowest BCUT2D eigenvalue weighted by Gasteiger charge is -2.66. The fraction of sp³-hybridized carbons (Fsp3) is 1.00. The van der Waals surface area contributed by atoms with E-state index in [1.54, 1.807) is 6.92 Å². The number of rotatable bonds is 13. The van der Waals surface area contributed by atoms with Crippen LogP contribution in [0, 0.1) is 51.8 Å². The van der Waals surface area contributed by atoms with Gasteiger partial charge in [-0.25, -0.2) is 0 Å². The van der Waals surface area contributed by atoms with E-state index in [0.717, 1.165) is 12.8 Å². The lowest BCUT2D eigenvalue weighted by Crippen LogP contribution is -2.63. The Hall–Kier alpha value is -0.760. The lowest BCUT2D eigenvalue weighted by atomic mass is 9.40. The minimum absolute atomic E-state index is 0.0942. The van der Waals surface area contributed by atoms with Gasteiger partial charge in [0.05, 0.1) is 49.8 Å². The van der Waals surface area contributed by atoms with Gasteiger partial charge in [0.25, 0.3) is 0 Å². The molecule has 4 saturated carbocycles. The molecule has 3 saturated heterocycles. The third-order valence-electron chi connectivity index (χ3n) is 18.2. The zero-order valence-corrected chi connectivity index (χ0v) is 38.8. The summed E-state index contributed by atoms with van der Waals surface area (Å²) < 4.78 is 35.1. The van der Waals surface area contributed by atoms with Gasteiger partial charge in [-0.3, -0.25) is 0 Å². The topological polar surface area (TPSA) is 318 Å². The Morgan fingerprint density at radius 3 is 1.86 bits per heavy atom. The van der Waals surface area contributed by atoms with Crippen molar-refractivity contribution in [3.05, 3.63) is 0 Å². The molecule has 28 unspecified atom stereocenters. The molecule has 4 aliphatic carbocycles. The van der Waals surface area contributed by atoms with Gasteiger partial charge >= 0.3 is 0 Å². The van der Waals surface area contributed by atoms with Crippen molar-refractivity contribution in [2.75, 3.05) is 13.2 Å². The highest BCUT2D eigenvalue weighted by Crippen LogP contribution is 2.73. The summed E-state index contributed by atoms with van der Waals surface area (Å²) in [7, 11) is 0. The molecule has 13 N–H and O–H groups in total. The first-order valence-electron chi connectivity index (χ1n) is 24.1. The second kappa shape index (κ2) is 19.8. The zero-order chi connectivity index (χ0) is 47.8. The standard InChI is InChI=1S/C46H80O19/c1-18(2)40(65-42-38(58)34(54)31(51)20(4)61-42)26(49)12-19(3)30-27(50)15-46(7)23-14-25(48)24-13-21(8-10-44(24,5)22(23)9-11-45(30,46)6)62-43-39(59)36(56)33(53)29(64-43)17-60-41-37(57)35(55)32(52)28(16-47)63-41/h18-43,47-59H,8-17H2,1-7H3. The molecule has 28 atom stereocenters. The Morgan fingerprint density at radius 2 is 1.22 bits per heavy atom. The van der Waals surface area contributed by atoms with E-state index >= 15 is 0 Å². The van der Waals surface area contributed by atoms with Crippen LogP contribution in [0.5, 0.6) is 0 Å². The quantitative estimate of drug-likeness (QED) is 0.0911. The first-order chi connectivity index (χ1) is 30.4. The summed E-state index contributed by atoms with van der Waals surface area (Å²) in [4.78, 5) is 0. The minimum Gasteiger partial charge on any atom is -0.394 e. The summed E-state index contributed by atoms with van der Waals surface area (Å²) in [6.07, 6.45) is -20.4. The van der Waals surface area contributed by atoms with Crippen molar-refractivity contribution in [1.29, 1.82) is 0 Å². The maximum Gasteiger partial charge on any atom is 0.186 e. The highest BCUT2D eigenvalue weighted by atomic mass is 16.7. The number of aliphatic hydroxyl groups excluding tert-OH is 13. The molecule has 3 aliphatic heterocycles. The van der Waals surface area contributed by atoms with Gasteiger partial charge in [-0.05, 0) is 110 Å². The normalized spacial score (nSPS) is 54.0. The molecule has 0 bridgehead atoms. The van der Waals surface area contributed by atoms with Crippen molar-refractivity contribution in [1.82, 2.24) is 0 Å². The van der Waals surface area contributed by atoms with Crippen LogP contribution in [0.3, 0.4) is 0 Å². The van der Waals surface area contributed by atoms with Crippen LogP contribution in [0.2, 0.25) is 0 Å². The van der Waals surface area contributed by atoms with E-state index in [0.29, 0.717) is 38.5 Å². The summed E-state index contributed by atoms with van der Waals surface area (Å²) in [5.41, 5.74) is -0.951. The highest BCUT2D eigenvalue weighted by molar-refractivity contribution is 5.18. The van der Waals surface area contributed by atoms with Gasteiger partial charge in [0.1, 0.15) is 67.1 Å². The third-order valence-corrected chi connectivity index (χ3v) is 18.2. The second-order valence-corrected chi connectivity index (χ2v) is 22.2. The Bertz CT molecular complexity index is 1580. The van der Waals surface area contributed by atoms with Crippen molar-refractivity contribution in [3.8, 4) is 0 Å². The van der Waals surface area contributed by atoms with Crippen LogP contribution >= 0.6 is 0 Å². The van der Waals surface area contributed by atoms with E-state index in [1.807, 2.05) is 13.8 Å². The maximum absolute atomic E-state index is 12.1. The van der Waals surface area contributed by atoms with Crippen LogP contribution in [-0.4, -0.2) is 202 Å². The highest BCUT2D eigenvalue weighted by Gasteiger charge is 2.69. The van der Waals surface area contributed by atoms with Crippen LogP contribution in [0.25, 0.3) is 0 Å². The largest absolute Gasteiger partial charge is 0.394 e. The zero-order valence-electron chi connectivity index (χ0n) is 38.8. The number of ether oxygens (including phenoxy) is 6. The van der Waals surface area contributed by atoms with Gasteiger partial charge in [0.2, 0.25) is 0 Å². The molecule has 0 amide bonds. The minimum atomic E-state index is -1.69. The molecule has 65 heavy (non-hydrogen) atoms. The van der Waals surface area contributed by atoms with E-state index in [2.05, 4.69) is 27.7 Å². The van der Waals surface area contributed by atoms with Crippen molar-refractivity contribution >= 4 is 0 Å². The van der Waals surface area contributed by atoms with Crippen LogP contribution < -0.4 is 0 Å².